The van der Waals surface area contributed by atoms with Crippen molar-refractivity contribution in [2.45, 2.75) is 32.6 Å². The zero-order valence-electron chi connectivity index (χ0n) is 11.0. The normalized spacial score (nSPS) is 12.2. The van der Waals surface area contributed by atoms with Gasteiger partial charge in [0.05, 0.1) is 18.1 Å². The fourth-order valence-electron chi connectivity index (χ4n) is 1.33. The molecule has 0 fully saturated rings. The Morgan fingerprint density at radius 3 is 1.79 bits per heavy atom. The molecule has 0 amide bonds. The van der Waals surface area contributed by atoms with Crippen molar-refractivity contribution in [3.8, 4) is 12.3 Å². The number of hydrogen-bond acceptors (Lipinski definition) is 6. The lowest BCUT2D eigenvalue weighted by atomic mass is 10.2. The lowest BCUT2D eigenvalue weighted by Crippen LogP contribution is -2.12. The highest BCUT2D eigenvalue weighted by atomic mass is 32.2. The molecule has 0 unspecified atom stereocenters. The summed E-state index contributed by atoms with van der Waals surface area (Å²) < 4.78 is 53.9. The van der Waals surface area contributed by atoms with Crippen molar-refractivity contribution >= 4 is 20.2 Å². The molecule has 0 saturated heterocycles. The van der Waals surface area contributed by atoms with Gasteiger partial charge in [-0.05, 0) is 19.8 Å². The Hall–Kier alpha value is -0.620. The Bertz CT molecular complexity index is 472. The third-order valence-corrected chi connectivity index (χ3v) is 4.81. The largest absolute Gasteiger partial charge is 0.270 e. The van der Waals surface area contributed by atoms with Gasteiger partial charge in [0.15, 0.2) is 0 Å². The van der Waals surface area contributed by atoms with E-state index in [1.54, 1.807) is 6.92 Å². The predicted molar refractivity (Wildman–Crippen MR) is 72.5 cm³/mol. The Labute approximate surface area is 115 Å². The summed E-state index contributed by atoms with van der Waals surface area (Å²) in [6, 6.07) is 0. The molecule has 0 rings (SSSR count). The van der Waals surface area contributed by atoms with E-state index in [1.807, 2.05) is 0 Å². The van der Waals surface area contributed by atoms with Gasteiger partial charge in [0, 0.05) is 0 Å². The summed E-state index contributed by atoms with van der Waals surface area (Å²) in [6.07, 6.45) is 6.99. The molecule has 0 N–H and O–H groups in total. The topological polar surface area (TPSA) is 86.7 Å². The molecule has 0 aromatic heterocycles. The monoisotopic (exact) mass is 312 g/mol. The van der Waals surface area contributed by atoms with Gasteiger partial charge in [-0.2, -0.15) is 16.8 Å². The highest BCUT2D eigenvalue weighted by Gasteiger charge is 2.11. The minimum Gasteiger partial charge on any atom is -0.270 e. The second kappa shape index (κ2) is 9.31. The second-order valence-electron chi connectivity index (χ2n) is 3.81. The zero-order valence-corrected chi connectivity index (χ0v) is 12.6. The van der Waals surface area contributed by atoms with Crippen LogP contribution in [0.3, 0.4) is 0 Å². The van der Waals surface area contributed by atoms with E-state index >= 15 is 0 Å². The Morgan fingerprint density at radius 2 is 1.37 bits per heavy atom. The second-order valence-corrected chi connectivity index (χ2v) is 7.33. The van der Waals surface area contributed by atoms with E-state index < -0.39 is 20.2 Å². The Morgan fingerprint density at radius 1 is 0.895 bits per heavy atom. The molecule has 6 nitrogen and oxygen atoms in total. The van der Waals surface area contributed by atoms with Gasteiger partial charge < -0.3 is 0 Å². The van der Waals surface area contributed by atoms with Gasteiger partial charge in [-0.25, -0.2) is 0 Å². The van der Waals surface area contributed by atoms with Crippen LogP contribution in [0.25, 0.3) is 0 Å². The number of terminal acetylenes is 1. The molecule has 0 radical (unpaired) electrons. The van der Waals surface area contributed by atoms with E-state index in [9.17, 15) is 16.8 Å². The van der Waals surface area contributed by atoms with Crippen LogP contribution in [0.5, 0.6) is 0 Å². The molecule has 0 saturated carbocycles. The molecule has 0 atom stereocenters. The summed E-state index contributed by atoms with van der Waals surface area (Å²) in [5.41, 5.74) is 0. The maximum Gasteiger partial charge on any atom is 0.268 e. The van der Waals surface area contributed by atoms with E-state index in [1.165, 1.54) is 0 Å². The van der Waals surface area contributed by atoms with Crippen LogP contribution in [0.1, 0.15) is 32.6 Å². The highest BCUT2D eigenvalue weighted by molar-refractivity contribution is 7.86. The van der Waals surface area contributed by atoms with Gasteiger partial charge in [0.1, 0.15) is 6.61 Å². The van der Waals surface area contributed by atoms with Crippen LogP contribution in [0.15, 0.2) is 0 Å². The van der Waals surface area contributed by atoms with Crippen LogP contribution in [0.2, 0.25) is 0 Å². The third kappa shape index (κ3) is 10.9. The SMILES string of the molecule is C#CCOS(=O)(=O)CCCCCCS(=O)(=O)OCC. The molecule has 19 heavy (non-hydrogen) atoms. The lowest BCUT2D eigenvalue weighted by molar-refractivity contribution is 0.337. The molecule has 0 aromatic carbocycles. The van der Waals surface area contributed by atoms with Crippen LogP contribution in [-0.4, -0.2) is 41.6 Å². The molecule has 0 aliphatic rings. The maximum absolute atomic E-state index is 11.2. The number of rotatable bonds is 11. The van der Waals surface area contributed by atoms with Gasteiger partial charge in [0.25, 0.3) is 20.2 Å². The fraction of sp³-hybridized carbons (Fsp3) is 0.818. The average molecular weight is 312 g/mol. The van der Waals surface area contributed by atoms with Crippen LogP contribution < -0.4 is 0 Å². The van der Waals surface area contributed by atoms with Crippen molar-refractivity contribution < 1.29 is 25.2 Å². The average Bonchev–Trinajstić information content (AvgIpc) is 2.31. The summed E-state index contributed by atoms with van der Waals surface area (Å²) in [7, 11) is -6.98. The first-order chi connectivity index (χ1) is 8.83. The smallest absolute Gasteiger partial charge is 0.268 e. The summed E-state index contributed by atoms with van der Waals surface area (Å²) in [6.45, 7) is 1.49. The molecule has 0 aromatic rings. The van der Waals surface area contributed by atoms with Crippen LogP contribution in [0, 0.1) is 12.3 Å². The molecule has 0 aliphatic heterocycles. The minimum absolute atomic E-state index is 0.0405. The molecule has 8 heteroatoms. The van der Waals surface area contributed by atoms with E-state index in [0.717, 1.165) is 0 Å². The van der Waals surface area contributed by atoms with E-state index in [4.69, 9.17) is 6.42 Å². The number of hydrogen-bond donors (Lipinski definition) is 0. The van der Waals surface area contributed by atoms with Crippen molar-refractivity contribution in [2.75, 3.05) is 24.7 Å². The fourth-order valence-corrected chi connectivity index (χ4v) is 3.29. The highest BCUT2D eigenvalue weighted by Crippen LogP contribution is 2.06. The lowest BCUT2D eigenvalue weighted by Gasteiger charge is -2.04. The molecule has 112 valence electrons. The molecule has 0 heterocycles. The summed E-state index contributed by atoms with van der Waals surface area (Å²) in [5, 5.41) is 0. The zero-order chi connectivity index (χ0) is 14.8. The summed E-state index contributed by atoms with van der Waals surface area (Å²) in [4.78, 5) is 0. The van der Waals surface area contributed by atoms with Crippen molar-refractivity contribution in [1.82, 2.24) is 0 Å². The standard InChI is InChI=1S/C11H20O6S2/c1-3-9-17-19(14,15)11-8-6-5-7-10-18(12,13)16-4-2/h1H,4-11H2,2H3. The van der Waals surface area contributed by atoms with Crippen LogP contribution in [-0.2, 0) is 28.6 Å². The van der Waals surface area contributed by atoms with Crippen LogP contribution >= 0.6 is 0 Å². The van der Waals surface area contributed by atoms with E-state index in [-0.39, 0.29) is 24.7 Å². The van der Waals surface area contributed by atoms with E-state index in [0.29, 0.717) is 25.7 Å². The Kier molecular flexibility index (Phi) is 9.01. The van der Waals surface area contributed by atoms with Crippen molar-refractivity contribution in [3.05, 3.63) is 0 Å². The first kappa shape index (κ1) is 18.4. The Balaban J connectivity index is 3.69. The molecular weight excluding hydrogens is 292 g/mol. The molecule has 0 aliphatic carbocycles. The van der Waals surface area contributed by atoms with Crippen LogP contribution in [0.4, 0.5) is 0 Å². The molecule has 0 spiro atoms. The molecular formula is C11H20O6S2. The number of unbranched alkanes of at least 4 members (excludes halogenated alkanes) is 3. The van der Waals surface area contributed by atoms with Gasteiger partial charge in [-0.3, -0.25) is 8.37 Å². The first-order valence-electron chi connectivity index (χ1n) is 6.00. The van der Waals surface area contributed by atoms with Crippen molar-refractivity contribution in [2.24, 2.45) is 0 Å². The van der Waals surface area contributed by atoms with Crippen molar-refractivity contribution in [3.63, 3.8) is 0 Å². The van der Waals surface area contributed by atoms with Gasteiger partial charge in [-0.1, -0.05) is 18.8 Å². The van der Waals surface area contributed by atoms with Gasteiger partial charge >= 0.3 is 0 Å². The summed E-state index contributed by atoms with van der Waals surface area (Å²) >= 11 is 0. The van der Waals surface area contributed by atoms with E-state index in [2.05, 4.69) is 14.3 Å². The maximum atomic E-state index is 11.2. The summed E-state index contributed by atoms with van der Waals surface area (Å²) in [5.74, 6) is 1.94. The van der Waals surface area contributed by atoms with Gasteiger partial charge in [-0.15, -0.1) is 6.42 Å². The first-order valence-corrected chi connectivity index (χ1v) is 9.16. The third-order valence-electron chi connectivity index (χ3n) is 2.16. The van der Waals surface area contributed by atoms with Crippen molar-refractivity contribution in [1.29, 1.82) is 0 Å². The quantitative estimate of drug-likeness (QED) is 0.320. The van der Waals surface area contributed by atoms with Gasteiger partial charge in [0.2, 0.25) is 0 Å². The molecule has 0 bridgehead atoms. The minimum atomic E-state index is -3.55. The predicted octanol–water partition coefficient (Wildman–Crippen LogP) is 0.893.